The summed E-state index contributed by atoms with van der Waals surface area (Å²) in [5, 5.41) is 0.419. The van der Waals surface area contributed by atoms with Gasteiger partial charge in [0.25, 0.3) is 5.91 Å². The molecule has 0 saturated heterocycles. The average molecular weight is 333 g/mol. The van der Waals surface area contributed by atoms with Gasteiger partial charge in [-0.2, -0.15) is 0 Å². The fraction of sp³-hybridized carbons (Fsp3) is 0.176. The van der Waals surface area contributed by atoms with E-state index >= 15 is 0 Å². The van der Waals surface area contributed by atoms with Crippen molar-refractivity contribution >= 4 is 29.2 Å². The molecular weight excluding hydrogens is 316 g/mol. The molecule has 1 amide bonds. The Kier molecular flexibility index (Phi) is 5.24. The zero-order valence-electron chi connectivity index (χ0n) is 12.8. The summed E-state index contributed by atoms with van der Waals surface area (Å²) < 4.78 is 5.41. The van der Waals surface area contributed by atoms with Crippen molar-refractivity contribution in [3.8, 4) is 0 Å². The van der Waals surface area contributed by atoms with Crippen molar-refractivity contribution in [2.24, 2.45) is 0 Å². The van der Waals surface area contributed by atoms with Crippen LogP contribution in [0.4, 0.5) is 5.69 Å². The Labute approximate surface area is 139 Å². The maximum atomic E-state index is 12.4. The van der Waals surface area contributed by atoms with Crippen molar-refractivity contribution in [3.63, 3.8) is 0 Å². The van der Waals surface area contributed by atoms with E-state index in [1.807, 2.05) is 6.07 Å². The SMILES string of the molecule is CN(C)C(=O)[C@@H](OC(=O)c1ccc(Cl)cc1N)c1ccccc1. The van der Waals surface area contributed by atoms with Crippen LogP contribution in [0.3, 0.4) is 0 Å². The van der Waals surface area contributed by atoms with Crippen LogP contribution < -0.4 is 5.73 Å². The Balaban J connectivity index is 2.30. The van der Waals surface area contributed by atoms with Gasteiger partial charge >= 0.3 is 5.97 Å². The first-order valence-corrected chi connectivity index (χ1v) is 7.30. The van der Waals surface area contributed by atoms with E-state index in [1.165, 1.54) is 17.0 Å². The van der Waals surface area contributed by atoms with Crippen LogP contribution >= 0.6 is 11.6 Å². The Morgan fingerprint density at radius 2 is 1.78 bits per heavy atom. The predicted octanol–water partition coefficient (Wildman–Crippen LogP) is 2.91. The first-order chi connectivity index (χ1) is 10.9. The lowest BCUT2D eigenvalue weighted by molar-refractivity contribution is -0.138. The van der Waals surface area contributed by atoms with Gasteiger partial charge in [0, 0.05) is 30.4 Å². The normalized spacial score (nSPS) is 11.6. The third-order valence-corrected chi connectivity index (χ3v) is 3.46. The maximum absolute atomic E-state index is 12.4. The number of halogens is 1. The van der Waals surface area contributed by atoms with Gasteiger partial charge in [-0.3, -0.25) is 4.79 Å². The summed E-state index contributed by atoms with van der Waals surface area (Å²) in [7, 11) is 3.20. The molecule has 0 saturated carbocycles. The standard InChI is InChI=1S/C17H17ClN2O3/c1-20(2)16(21)15(11-6-4-3-5-7-11)23-17(22)13-9-8-12(18)10-14(13)19/h3-10,15H,19H2,1-2H3/t15-/m0/s1. The van der Waals surface area contributed by atoms with E-state index in [1.54, 1.807) is 44.4 Å². The number of hydrogen-bond donors (Lipinski definition) is 1. The topological polar surface area (TPSA) is 72.6 Å². The van der Waals surface area contributed by atoms with Crippen molar-refractivity contribution in [2.75, 3.05) is 19.8 Å². The van der Waals surface area contributed by atoms with Gasteiger partial charge in [-0.1, -0.05) is 41.9 Å². The van der Waals surface area contributed by atoms with Gasteiger partial charge in [-0.15, -0.1) is 0 Å². The zero-order valence-corrected chi connectivity index (χ0v) is 13.6. The van der Waals surface area contributed by atoms with Gasteiger partial charge < -0.3 is 15.4 Å². The van der Waals surface area contributed by atoms with Gasteiger partial charge in [0.05, 0.1) is 5.56 Å². The molecule has 1 atom stereocenters. The lowest BCUT2D eigenvalue weighted by Gasteiger charge is -2.21. The number of nitrogens with zero attached hydrogens (tertiary/aromatic N) is 1. The summed E-state index contributed by atoms with van der Waals surface area (Å²) in [5.74, 6) is -1.01. The Hall–Kier alpha value is -2.53. The molecule has 6 heteroatoms. The number of esters is 1. The van der Waals surface area contributed by atoms with Gasteiger partial charge in [0.15, 0.2) is 0 Å². The van der Waals surface area contributed by atoms with E-state index in [4.69, 9.17) is 22.1 Å². The largest absolute Gasteiger partial charge is 0.444 e. The molecule has 2 aromatic carbocycles. The lowest BCUT2D eigenvalue weighted by Crippen LogP contribution is -2.31. The molecule has 0 aliphatic rings. The van der Waals surface area contributed by atoms with Crippen LogP contribution in [0.2, 0.25) is 5.02 Å². The Morgan fingerprint density at radius 1 is 1.13 bits per heavy atom. The number of ether oxygens (including phenoxy) is 1. The number of carbonyl (C=O) groups excluding carboxylic acids is 2. The van der Waals surface area contributed by atoms with Gasteiger partial charge in [0.2, 0.25) is 6.10 Å². The highest BCUT2D eigenvalue weighted by molar-refractivity contribution is 6.31. The van der Waals surface area contributed by atoms with Gasteiger partial charge in [-0.25, -0.2) is 4.79 Å². The second-order valence-electron chi connectivity index (χ2n) is 5.16. The molecule has 0 aliphatic heterocycles. The van der Waals surface area contributed by atoms with Crippen molar-refractivity contribution in [2.45, 2.75) is 6.10 Å². The van der Waals surface area contributed by atoms with E-state index in [0.717, 1.165) is 0 Å². The molecule has 0 fully saturated rings. The van der Waals surface area contributed by atoms with Crippen LogP contribution in [-0.2, 0) is 9.53 Å². The Bertz CT molecular complexity index is 717. The second-order valence-corrected chi connectivity index (χ2v) is 5.60. The van der Waals surface area contributed by atoms with Gasteiger partial charge in [0.1, 0.15) is 0 Å². The number of nitrogens with two attached hydrogens (primary N) is 1. The van der Waals surface area contributed by atoms with Crippen molar-refractivity contribution in [1.29, 1.82) is 0 Å². The average Bonchev–Trinajstić information content (AvgIpc) is 2.52. The van der Waals surface area contributed by atoms with Crippen LogP contribution in [-0.4, -0.2) is 30.9 Å². The highest BCUT2D eigenvalue weighted by Gasteiger charge is 2.27. The number of carbonyl (C=O) groups is 2. The number of amides is 1. The van der Waals surface area contributed by atoms with E-state index in [9.17, 15) is 9.59 Å². The minimum atomic E-state index is -1.03. The molecule has 120 valence electrons. The molecule has 0 radical (unpaired) electrons. The van der Waals surface area contributed by atoms with E-state index in [0.29, 0.717) is 10.6 Å². The first-order valence-electron chi connectivity index (χ1n) is 6.92. The van der Waals surface area contributed by atoms with E-state index in [2.05, 4.69) is 0 Å². The summed E-state index contributed by atoms with van der Waals surface area (Å²) in [6.45, 7) is 0. The molecule has 2 N–H and O–H groups in total. The summed E-state index contributed by atoms with van der Waals surface area (Å²) >= 11 is 5.82. The number of benzene rings is 2. The fourth-order valence-electron chi connectivity index (χ4n) is 2.01. The van der Waals surface area contributed by atoms with Crippen LogP contribution in [0, 0.1) is 0 Å². The summed E-state index contributed by atoms with van der Waals surface area (Å²) in [6.07, 6.45) is -1.03. The molecule has 0 heterocycles. The smallest absolute Gasteiger partial charge is 0.341 e. The number of nitrogen functional groups attached to an aromatic ring is 1. The number of anilines is 1. The van der Waals surface area contributed by atoms with Gasteiger partial charge in [-0.05, 0) is 18.2 Å². The Morgan fingerprint density at radius 3 is 2.35 bits per heavy atom. The van der Waals surface area contributed by atoms with Crippen LogP contribution in [0.5, 0.6) is 0 Å². The lowest BCUT2D eigenvalue weighted by atomic mass is 10.1. The minimum Gasteiger partial charge on any atom is -0.444 e. The van der Waals surface area contributed by atoms with Crippen molar-refractivity contribution < 1.29 is 14.3 Å². The molecule has 2 rings (SSSR count). The summed E-state index contributed by atoms with van der Waals surface area (Å²) in [5.41, 5.74) is 6.75. The third kappa shape index (κ3) is 4.02. The third-order valence-electron chi connectivity index (χ3n) is 3.23. The quantitative estimate of drug-likeness (QED) is 0.690. The molecule has 5 nitrogen and oxygen atoms in total. The molecule has 0 unspecified atom stereocenters. The van der Waals surface area contributed by atoms with Crippen LogP contribution in [0.15, 0.2) is 48.5 Å². The molecular formula is C17H17ClN2O3. The van der Waals surface area contributed by atoms with Crippen LogP contribution in [0.1, 0.15) is 22.0 Å². The number of hydrogen-bond acceptors (Lipinski definition) is 4. The number of rotatable bonds is 4. The minimum absolute atomic E-state index is 0.168. The van der Waals surface area contributed by atoms with E-state index in [-0.39, 0.29) is 17.2 Å². The van der Waals surface area contributed by atoms with Crippen LogP contribution in [0.25, 0.3) is 0 Å². The summed E-state index contributed by atoms with van der Waals surface area (Å²) in [4.78, 5) is 26.1. The molecule has 0 spiro atoms. The molecule has 23 heavy (non-hydrogen) atoms. The zero-order chi connectivity index (χ0) is 17.0. The maximum Gasteiger partial charge on any atom is 0.341 e. The van der Waals surface area contributed by atoms with E-state index < -0.39 is 12.1 Å². The van der Waals surface area contributed by atoms with Crippen molar-refractivity contribution in [3.05, 3.63) is 64.7 Å². The molecule has 0 aromatic heterocycles. The molecule has 0 bridgehead atoms. The monoisotopic (exact) mass is 332 g/mol. The number of likely N-dealkylation sites (N-methyl/N-ethyl adjacent to an activating group) is 1. The fourth-order valence-corrected chi connectivity index (χ4v) is 2.19. The predicted molar refractivity (Wildman–Crippen MR) is 89.2 cm³/mol. The molecule has 0 aliphatic carbocycles. The summed E-state index contributed by atoms with van der Waals surface area (Å²) in [6, 6.07) is 13.3. The highest BCUT2D eigenvalue weighted by atomic mass is 35.5. The first kappa shape index (κ1) is 16.8. The second kappa shape index (κ2) is 7.15. The molecule has 2 aromatic rings. The van der Waals surface area contributed by atoms with Crippen molar-refractivity contribution in [1.82, 2.24) is 4.90 Å². The highest BCUT2D eigenvalue weighted by Crippen LogP contribution is 2.24.